The zero-order chi connectivity index (χ0) is 13.5. The third-order valence-electron chi connectivity index (χ3n) is 2.74. The summed E-state index contributed by atoms with van der Waals surface area (Å²) in [5, 5.41) is 3.91. The van der Waals surface area contributed by atoms with Crippen LogP contribution in [0.2, 0.25) is 0 Å². The minimum absolute atomic E-state index is 0. The quantitative estimate of drug-likeness (QED) is 0.788. The maximum atomic E-state index is 11.6. The van der Waals surface area contributed by atoms with E-state index in [0.29, 0.717) is 19.5 Å². The van der Waals surface area contributed by atoms with Crippen LogP contribution in [0.15, 0.2) is 0 Å². The minimum Gasteiger partial charge on any atom is -0.380 e. The molecule has 1 aromatic heterocycles. The molecule has 0 aromatic carbocycles. The predicted octanol–water partition coefficient (Wildman–Crippen LogP) is 1.63. The fraction of sp³-hybridized carbons (Fsp3) is 0.667. The summed E-state index contributed by atoms with van der Waals surface area (Å²) in [6.45, 7) is 5.01. The highest BCUT2D eigenvalue weighted by atomic mass is 35.5. The van der Waals surface area contributed by atoms with Gasteiger partial charge in [0.25, 0.3) is 0 Å². The van der Waals surface area contributed by atoms with Gasteiger partial charge in [-0.2, -0.15) is 0 Å². The number of methoxy groups -OCH3 is 1. The molecule has 1 amide bonds. The van der Waals surface area contributed by atoms with E-state index in [1.165, 1.54) is 4.88 Å². The molecule has 1 unspecified atom stereocenters. The molecule has 0 saturated heterocycles. The van der Waals surface area contributed by atoms with E-state index < -0.39 is 0 Å². The molecule has 0 bridgehead atoms. The van der Waals surface area contributed by atoms with Gasteiger partial charge in [0.2, 0.25) is 5.91 Å². The van der Waals surface area contributed by atoms with Gasteiger partial charge in [0.05, 0.1) is 23.2 Å². The summed E-state index contributed by atoms with van der Waals surface area (Å²) in [5.41, 5.74) is 6.53. The van der Waals surface area contributed by atoms with Crippen molar-refractivity contribution in [2.24, 2.45) is 5.73 Å². The van der Waals surface area contributed by atoms with Crippen molar-refractivity contribution in [3.8, 4) is 0 Å². The number of halogens is 2. The lowest BCUT2D eigenvalue weighted by Gasteiger charge is -2.12. The van der Waals surface area contributed by atoms with E-state index in [9.17, 15) is 4.79 Å². The SMILES string of the molecule is COC(CN)CC(=O)NCCc1nc(C)c(C)s1.Cl.Cl. The maximum absolute atomic E-state index is 11.6. The molecule has 0 aliphatic heterocycles. The number of rotatable bonds is 7. The van der Waals surface area contributed by atoms with E-state index in [2.05, 4.69) is 17.2 Å². The number of carbonyl (C=O) groups is 1. The number of aryl methyl sites for hydroxylation is 2. The van der Waals surface area contributed by atoms with E-state index >= 15 is 0 Å². The summed E-state index contributed by atoms with van der Waals surface area (Å²) in [4.78, 5) is 17.2. The van der Waals surface area contributed by atoms with Crippen LogP contribution in [-0.4, -0.2) is 37.2 Å². The van der Waals surface area contributed by atoms with Gasteiger partial charge in [-0.15, -0.1) is 36.2 Å². The van der Waals surface area contributed by atoms with Crippen LogP contribution < -0.4 is 11.1 Å². The van der Waals surface area contributed by atoms with Gasteiger partial charge in [-0.1, -0.05) is 0 Å². The van der Waals surface area contributed by atoms with Crippen molar-refractivity contribution in [1.29, 1.82) is 0 Å². The third-order valence-corrected chi connectivity index (χ3v) is 3.88. The molecular formula is C12H23Cl2N3O2S. The number of nitrogens with zero attached hydrogens (tertiary/aromatic N) is 1. The maximum Gasteiger partial charge on any atom is 0.222 e. The molecular weight excluding hydrogens is 321 g/mol. The summed E-state index contributed by atoms with van der Waals surface area (Å²) >= 11 is 1.68. The first kappa shape index (κ1) is 21.9. The third kappa shape index (κ3) is 7.40. The summed E-state index contributed by atoms with van der Waals surface area (Å²) in [7, 11) is 1.56. The molecule has 0 spiro atoms. The summed E-state index contributed by atoms with van der Waals surface area (Å²) in [5.74, 6) is -0.0303. The van der Waals surface area contributed by atoms with E-state index in [-0.39, 0.29) is 36.8 Å². The Hall–Kier alpha value is -0.400. The number of ether oxygens (including phenoxy) is 1. The van der Waals surface area contributed by atoms with Gasteiger partial charge in [0, 0.05) is 31.5 Å². The summed E-state index contributed by atoms with van der Waals surface area (Å²) in [6, 6.07) is 0. The Morgan fingerprint density at radius 2 is 2.10 bits per heavy atom. The highest BCUT2D eigenvalue weighted by Gasteiger charge is 2.11. The molecule has 1 atom stereocenters. The second kappa shape index (κ2) is 11.3. The number of thiazole rings is 1. The largest absolute Gasteiger partial charge is 0.380 e. The molecule has 0 aliphatic rings. The smallest absolute Gasteiger partial charge is 0.222 e. The Morgan fingerprint density at radius 3 is 2.55 bits per heavy atom. The van der Waals surface area contributed by atoms with Crippen LogP contribution in [-0.2, 0) is 16.0 Å². The van der Waals surface area contributed by atoms with Crippen molar-refractivity contribution in [3.63, 3.8) is 0 Å². The zero-order valence-corrected chi connectivity index (χ0v) is 14.4. The Balaban J connectivity index is 0. The van der Waals surface area contributed by atoms with Gasteiger partial charge in [0.15, 0.2) is 0 Å². The summed E-state index contributed by atoms with van der Waals surface area (Å²) < 4.78 is 5.06. The molecule has 0 radical (unpaired) electrons. The Morgan fingerprint density at radius 1 is 1.45 bits per heavy atom. The van der Waals surface area contributed by atoms with Crippen LogP contribution in [0.5, 0.6) is 0 Å². The Bertz CT molecular complexity index is 379. The number of amides is 1. The van der Waals surface area contributed by atoms with Gasteiger partial charge in [-0.3, -0.25) is 4.79 Å². The fourth-order valence-electron chi connectivity index (χ4n) is 1.50. The van der Waals surface area contributed by atoms with Crippen molar-refractivity contribution in [1.82, 2.24) is 10.3 Å². The van der Waals surface area contributed by atoms with Gasteiger partial charge in [-0.25, -0.2) is 4.98 Å². The zero-order valence-electron chi connectivity index (χ0n) is 12.0. The highest BCUT2D eigenvalue weighted by Crippen LogP contribution is 2.16. The second-order valence-electron chi connectivity index (χ2n) is 4.15. The van der Waals surface area contributed by atoms with Crippen molar-refractivity contribution in [3.05, 3.63) is 15.6 Å². The van der Waals surface area contributed by atoms with Gasteiger partial charge < -0.3 is 15.8 Å². The Labute approximate surface area is 136 Å². The highest BCUT2D eigenvalue weighted by molar-refractivity contribution is 7.11. The van der Waals surface area contributed by atoms with E-state index in [1.807, 2.05) is 6.92 Å². The topological polar surface area (TPSA) is 77.2 Å². The molecule has 118 valence electrons. The lowest BCUT2D eigenvalue weighted by atomic mass is 10.2. The average molecular weight is 344 g/mol. The van der Waals surface area contributed by atoms with Gasteiger partial charge >= 0.3 is 0 Å². The molecule has 1 rings (SSSR count). The second-order valence-corrected chi connectivity index (χ2v) is 5.43. The van der Waals surface area contributed by atoms with E-state index in [4.69, 9.17) is 10.5 Å². The number of hydrogen-bond donors (Lipinski definition) is 2. The Kier molecular flexibility index (Phi) is 12.3. The van der Waals surface area contributed by atoms with Crippen molar-refractivity contribution >= 4 is 42.1 Å². The first-order chi connectivity index (χ1) is 8.56. The first-order valence-corrected chi connectivity index (χ1v) is 6.81. The standard InChI is InChI=1S/C12H21N3O2S.2ClH/c1-8-9(2)18-12(15-8)4-5-14-11(16)6-10(7-13)17-3;;/h10H,4-7,13H2,1-3H3,(H,14,16);2*1H. The number of hydrogen-bond acceptors (Lipinski definition) is 5. The molecule has 0 fully saturated rings. The van der Waals surface area contributed by atoms with Gasteiger partial charge in [0.1, 0.15) is 0 Å². The van der Waals surface area contributed by atoms with E-state index in [0.717, 1.165) is 17.1 Å². The predicted molar refractivity (Wildman–Crippen MR) is 87.3 cm³/mol. The monoisotopic (exact) mass is 343 g/mol. The lowest BCUT2D eigenvalue weighted by molar-refractivity contribution is -0.123. The number of nitrogens with one attached hydrogen (secondary N) is 1. The molecule has 0 aliphatic carbocycles. The summed E-state index contributed by atoms with van der Waals surface area (Å²) in [6.07, 6.45) is 0.878. The lowest BCUT2D eigenvalue weighted by Crippen LogP contribution is -2.33. The molecule has 3 N–H and O–H groups in total. The molecule has 8 heteroatoms. The number of carbonyl (C=O) groups excluding carboxylic acids is 1. The van der Waals surface area contributed by atoms with Crippen molar-refractivity contribution in [2.75, 3.05) is 20.2 Å². The molecule has 20 heavy (non-hydrogen) atoms. The normalized spacial score (nSPS) is 11.2. The van der Waals surface area contributed by atoms with Crippen LogP contribution in [0, 0.1) is 13.8 Å². The van der Waals surface area contributed by atoms with Crippen LogP contribution in [0.25, 0.3) is 0 Å². The fourth-order valence-corrected chi connectivity index (χ4v) is 2.43. The van der Waals surface area contributed by atoms with Crippen LogP contribution in [0.1, 0.15) is 22.0 Å². The molecule has 0 saturated carbocycles. The van der Waals surface area contributed by atoms with Crippen molar-refractivity contribution in [2.45, 2.75) is 32.8 Å². The van der Waals surface area contributed by atoms with Crippen LogP contribution in [0.3, 0.4) is 0 Å². The van der Waals surface area contributed by atoms with Crippen LogP contribution in [0.4, 0.5) is 0 Å². The first-order valence-electron chi connectivity index (χ1n) is 5.99. The average Bonchev–Trinajstić information content (AvgIpc) is 2.65. The number of aromatic nitrogens is 1. The molecule has 1 heterocycles. The van der Waals surface area contributed by atoms with Crippen molar-refractivity contribution < 1.29 is 9.53 Å². The molecule has 5 nitrogen and oxygen atoms in total. The minimum atomic E-state index is -0.200. The number of nitrogens with two attached hydrogens (primary N) is 1. The van der Waals surface area contributed by atoms with E-state index in [1.54, 1.807) is 18.4 Å². The van der Waals surface area contributed by atoms with Crippen LogP contribution >= 0.6 is 36.2 Å². The van der Waals surface area contributed by atoms with Gasteiger partial charge in [-0.05, 0) is 13.8 Å². The molecule has 1 aromatic rings.